The second kappa shape index (κ2) is 4.64. The lowest BCUT2D eigenvalue weighted by atomic mass is 10.0. The summed E-state index contributed by atoms with van der Waals surface area (Å²) in [5.41, 5.74) is 1.43. The molecule has 0 heterocycles. The fraction of sp³-hybridized carbons (Fsp3) is 0.455. The molecule has 1 unspecified atom stereocenters. The van der Waals surface area contributed by atoms with Crippen LogP contribution in [-0.4, -0.2) is 7.05 Å². The highest BCUT2D eigenvalue weighted by Crippen LogP contribution is 2.40. The van der Waals surface area contributed by atoms with Gasteiger partial charge in [0.15, 0.2) is 0 Å². The van der Waals surface area contributed by atoms with Crippen molar-refractivity contribution in [1.82, 2.24) is 5.32 Å². The van der Waals surface area contributed by atoms with Crippen molar-refractivity contribution >= 4 is 12.4 Å². The van der Waals surface area contributed by atoms with Crippen LogP contribution in [0.1, 0.15) is 24.4 Å². The zero-order valence-corrected chi connectivity index (χ0v) is 8.68. The molecule has 2 heteroatoms. The summed E-state index contributed by atoms with van der Waals surface area (Å²) in [4.78, 5) is 0. The number of hydrogen-bond donors (Lipinski definition) is 1. The molecule has 0 saturated heterocycles. The van der Waals surface area contributed by atoms with Gasteiger partial charge < -0.3 is 5.32 Å². The van der Waals surface area contributed by atoms with E-state index in [-0.39, 0.29) is 12.4 Å². The number of benzene rings is 1. The minimum absolute atomic E-state index is 0. The first-order valence-corrected chi connectivity index (χ1v) is 4.64. The van der Waals surface area contributed by atoms with Crippen molar-refractivity contribution in [2.75, 3.05) is 7.05 Å². The van der Waals surface area contributed by atoms with E-state index in [0.717, 1.165) is 5.92 Å². The third kappa shape index (κ3) is 2.45. The number of halogens is 1. The van der Waals surface area contributed by atoms with Gasteiger partial charge in [-0.3, -0.25) is 0 Å². The van der Waals surface area contributed by atoms with Gasteiger partial charge in [-0.1, -0.05) is 30.3 Å². The van der Waals surface area contributed by atoms with Gasteiger partial charge in [0.2, 0.25) is 0 Å². The molecule has 0 spiro atoms. The molecule has 0 radical (unpaired) electrons. The first-order chi connectivity index (χ1) is 5.92. The average Bonchev–Trinajstić information content (AvgIpc) is 2.92. The van der Waals surface area contributed by atoms with Gasteiger partial charge in [-0.25, -0.2) is 0 Å². The summed E-state index contributed by atoms with van der Waals surface area (Å²) in [7, 11) is 2.05. The maximum absolute atomic E-state index is 3.38. The highest BCUT2D eigenvalue weighted by Gasteiger charge is 2.30. The second-order valence-corrected chi connectivity index (χ2v) is 3.51. The van der Waals surface area contributed by atoms with Gasteiger partial charge in [0, 0.05) is 6.04 Å². The van der Waals surface area contributed by atoms with Crippen LogP contribution in [0.5, 0.6) is 0 Å². The Kier molecular flexibility index (Phi) is 3.76. The normalized spacial score (nSPS) is 17.6. The predicted octanol–water partition coefficient (Wildman–Crippen LogP) is 2.78. The third-order valence-corrected chi connectivity index (χ3v) is 2.56. The van der Waals surface area contributed by atoms with Crippen LogP contribution in [0.25, 0.3) is 0 Å². The van der Waals surface area contributed by atoms with Crippen molar-refractivity contribution in [2.24, 2.45) is 5.92 Å². The minimum atomic E-state index is 0. The number of hydrogen-bond acceptors (Lipinski definition) is 1. The number of rotatable bonds is 3. The molecule has 0 amide bonds. The molecule has 1 aromatic carbocycles. The van der Waals surface area contributed by atoms with Crippen LogP contribution in [0, 0.1) is 5.92 Å². The van der Waals surface area contributed by atoms with Crippen molar-refractivity contribution < 1.29 is 0 Å². The van der Waals surface area contributed by atoms with Crippen LogP contribution in [0.2, 0.25) is 0 Å². The molecule has 1 aliphatic carbocycles. The van der Waals surface area contributed by atoms with E-state index in [4.69, 9.17) is 0 Å². The largest absolute Gasteiger partial charge is 0.313 e. The number of nitrogens with one attached hydrogen (secondary N) is 1. The van der Waals surface area contributed by atoms with Gasteiger partial charge in [-0.2, -0.15) is 0 Å². The van der Waals surface area contributed by atoms with E-state index in [2.05, 4.69) is 42.7 Å². The van der Waals surface area contributed by atoms with E-state index >= 15 is 0 Å². The van der Waals surface area contributed by atoms with Gasteiger partial charge in [-0.15, -0.1) is 12.4 Å². The lowest BCUT2D eigenvalue weighted by Crippen LogP contribution is -2.17. The molecule has 1 saturated carbocycles. The van der Waals surface area contributed by atoms with Gasteiger partial charge in [0.25, 0.3) is 0 Å². The molecule has 0 bridgehead atoms. The first kappa shape index (κ1) is 10.6. The van der Waals surface area contributed by atoms with Crippen LogP contribution in [0.15, 0.2) is 30.3 Å². The molecule has 1 aromatic rings. The fourth-order valence-corrected chi connectivity index (χ4v) is 1.76. The topological polar surface area (TPSA) is 12.0 Å². The summed E-state index contributed by atoms with van der Waals surface area (Å²) in [5, 5.41) is 3.38. The molecule has 0 aromatic heterocycles. The smallest absolute Gasteiger partial charge is 0.0346 e. The van der Waals surface area contributed by atoms with Crippen LogP contribution >= 0.6 is 12.4 Å². The first-order valence-electron chi connectivity index (χ1n) is 4.64. The summed E-state index contributed by atoms with van der Waals surface area (Å²) in [6.45, 7) is 0. The Morgan fingerprint density at radius 2 is 1.85 bits per heavy atom. The summed E-state index contributed by atoms with van der Waals surface area (Å²) >= 11 is 0. The fourth-order valence-electron chi connectivity index (χ4n) is 1.76. The van der Waals surface area contributed by atoms with E-state index in [9.17, 15) is 0 Å². The van der Waals surface area contributed by atoms with Crippen molar-refractivity contribution in [3.63, 3.8) is 0 Å². The Balaban J connectivity index is 0.000000845. The Morgan fingerprint density at radius 1 is 1.23 bits per heavy atom. The van der Waals surface area contributed by atoms with Gasteiger partial charge in [0.1, 0.15) is 0 Å². The van der Waals surface area contributed by atoms with Gasteiger partial charge in [-0.05, 0) is 31.4 Å². The van der Waals surface area contributed by atoms with Crippen LogP contribution < -0.4 is 5.32 Å². The van der Waals surface area contributed by atoms with Crippen molar-refractivity contribution in [3.8, 4) is 0 Å². The van der Waals surface area contributed by atoms with Crippen LogP contribution in [-0.2, 0) is 0 Å². The molecule has 1 aliphatic rings. The molecular formula is C11H16ClN. The molecule has 0 aliphatic heterocycles. The zero-order valence-electron chi connectivity index (χ0n) is 7.86. The maximum atomic E-state index is 3.38. The molecule has 72 valence electrons. The van der Waals surface area contributed by atoms with Gasteiger partial charge >= 0.3 is 0 Å². The lowest BCUT2D eigenvalue weighted by Gasteiger charge is -2.15. The van der Waals surface area contributed by atoms with E-state index < -0.39 is 0 Å². The average molecular weight is 198 g/mol. The monoisotopic (exact) mass is 197 g/mol. The molecule has 1 nitrogen and oxygen atoms in total. The standard InChI is InChI=1S/C11H15N.ClH/c1-12-11(10-7-8-10)9-5-3-2-4-6-9;/h2-6,10-12H,7-8H2,1H3;1H. The molecular weight excluding hydrogens is 182 g/mol. The maximum Gasteiger partial charge on any atom is 0.0346 e. The molecule has 2 rings (SSSR count). The lowest BCUT2D eigenvalue weighted by molar-refractivity contribution is 0.529. The third-order valence-electron chi connectivity index (χ3n) is 2.56. The predicted molar refractivity (Wildman–Crippen MR) is 58.2 cm³/mol. The molecule has 1 N–H and O–H groups in total. The van der Waals surface area contributed by atoms with Gasteiger partial charge in [0.05, 0.1) is 0 Å². The molecule has 13 heavy (non-hydrogen) atoms. The summed E-state index contributed by atoms with van der Waals surface area (Å²) in [6.07, 6.45) is 2.78. The molecule has 1 atom stereocenters. The van der Waals surface area contributed by atoms with Crippen molar-refractivity contribution in [3.05, 3.63) is 35.9 Å². The SMILES string of the molecule is CNC(c1ccccc1)C1CC1.Cl. The van der Waals surface area contributed by atoms with Crippen LogP contribution in [0.4, 0.5) is 0 Å². The van der Waals surface area contributed by atoms with E-state index in [1.54, 1.807) is 0 Å². The van der Waals surface area contributed by atoms with Crippen LogP contribution in [0.3, 0.4) is 0 Å². The quantitative estimate of drug-likeness (QED) is 0.786. The summed E-state index contributed by atoms with van der Waals surface area (Å²) in [6, 6.07) is 11.3. The molecule has 1 fully saturated rings. The highest BCUT2D eigenvalue weighted by atomic mass is 35.5. The zero-order chi connectivity index (χ0) is 8.39. The Labute approximate surface area is 86.0 Å². The Bertz CT molecular complexity index is 244. The Hall–Kier alpha value is -0.530. The Morgan fingerprint density at radius 3 is 2.31 bits per heavy atom. The minimum Gasteiger partial charge on any atom is -0.313 e. The van der Waals surface area contributed by atoms with E-state index in [1.807, 2.05) is 0 Å². The second-order valence-electron chi connectivity index (χ2n) is 3.51. The van der Waals surface area contributed by atoms with Crippen molar-refractivity contribution in [1.29, 1.82) is 0 Å². The summed E-state index contributed by atoms with van der Waals surface area (Å²) in [5.74, 6) is 0.886. The van der Waals surface area contributed by atoms with E-state index in [0.29, 0.717) is 6.04 Å². The summed E-state index contributed by atoms with van der Waals surface area (Å²) < 4.78 is 0. The van der Waals surface area contributed by atoms with E-state index in [1.165, 1.54) is 18.4 Å². The van der Waals surface area contributed by atoms with Crippen molar-refractivity contribution in [2.45, 2.75) is 18.9 Å². The highest BCUT2D eigenvalue weighted by molar-refractivity contribution is 5.85.